The molecule has 0 bridgehead atoms. The van der Waals surface area contributed by atoms with Gasteiger partial charge >= 0.3 is 0 Å². The SMILES string of the molecule is Cc1cc(F)cc(-c2nnc(CCCNC(C)C)o2)c1. The highest BCUT2D eigenvalue weighted by atomic mass is 19.1. The second-order valence-electron chi connectivity index (χ2n) is 5.23. The molecule has 108 valence electrons. The number of nitrogens with one attached hydrogen (secondary N) is 1. The third-order valence-corrected chi connectivity index (χ3v) is 2.88. The van der Waals surface area contributed by atoms with Gasteiger partial charge < -0.3 is 9.73 Å². The van der Waals surface area contributed by atoms with E-state index in [9.17, 15) is 4.39 Å². The summed E-state index contributed by atoms with van der Waals surface area (Å²) in [6.07, 6.45) is 1.66. The lowest BCUT2D eigenvalue weighted by Crippen LogP contribution is -2.23. The van der Waals surface area contributed by atoms with Gasteiger partial charge in [-0.2, -0.15) is 0 Å². The van der Waals surface area contributed by atoms with Crippen molar-refractivity contribution in [3.63, 3.8) is 0 Å². The molecule has 2 rings (SSSR count). The van der Waals surface area contributed by atoms with Crippen LogP contribution < -0.4 is 5.32 Å². The fraction of sp³-hybridized carbons (Fsp3) is 0.467. The number of aryl methyl sites for hydroxylation is 2. The van der Waals surface area contributed by atoms with Gasteiger partial charge in [-0.25, -0.2) is 4.39 Å². The topological polar surface area (TPSA) is 51.0 Å². The lowest BCUT2D eigenvalue weighted by molar-refractivity contribution is 0.483. The fourth-order valence-corrected chi connectivity index (χ4v) is 1.96. The van der Waals surface area contributed by atoms with E-state index in [1.807, 2.05) is 13.0 Å². The Morgan fingerprint density at radius 2 is 2.05 bits per heavy atom. The lowest BCUT2D eigenvalue weighted by Gasteiger charge is -2.05. The summed E-state index contributed by atoms with van der Waals surface area (Å²) in [6.45, 7) is 6.96. The summed E-state index contributed by atoms with van der Waals surface area (Å²) >= 11 is 0. The first-order valence-electron chi connectivity index (χ1n) is 6.88. The van der Waals surface area contributed by atoms with Crippen molar-refractivity contribution < 1.29 is 8.81 Å². The molecule has 5 heteroatoms. The average Bonchev–Trinajstić information content (AvgIpc) is 2.82. The van der Waals surface area contributed by atoms with E-state index in [1.165, 1.54) is 12.1 Å². The first kappa shape index (κ1) is 14.7. The van der Waals surface area contributed by atoms with Crippen LogP contribution in [0.5, 0.6) is 0 Å². The van der Waals surface area contributed by atoms with Crippen molar-refractivity contribution in [3.05, 3.63) is 35.5 Å². The van der Waals surface area contributed by atoms with Gasteiger partial charge in [0.25, 0.3) is 0 Å². The largest absolute Gasteiger partial charge is 0.421 e. The van der Waals surface area contributed by atoms with E-state index in [2.05, 4.69) is 29.4 Å². The van der Waals surface area contributed by atoms with E-state index in [0.717, 1.165) is 24.9 Å². The van der Waals surface area contributed by atoms with Crippen LogP contribution in [0.4, 0.5) is 4.39 Å². The summed E-state index contributed by atoms with van der Waals surface area (Å²) in [5.74, 6) is 0.674. The van der Waals surface area contributed by atoms with Crippen LogP contribution in [0, 0.1) is 12.7 Å². The average molecular weight is 277 g/mol. The predicted octanol–water partition coefficient (Wildman–Crippen LogP) is 3.11. The van der Waals surface area contributed by atoms with Gasteiger partial charge in [-0.1, -0.05) is 13.8 Å². The molecular weight excluding hydrogens is 257 g/mol. The Bertz CT molecular complexity index is 546. The molecule has 0 amide bonds. The van der Waals surface area contributed by atoms with Gasteiger partial charge in [-0.05, 0) is 43.7 Å². The molecule has 0 saturated carbocycles. The molecule has 1 aromatic carbocycles. The fourth-order valence-electron chi connectivity index (χ4n) is 1.96. The molecule has 1 heterocycles. The van der Waals surface area contributed by atoms with Crippen LogP contribution >= 0.6 is 0 Å². The van der Waals surface area contributed by atoms with Crippen LogP contribution in [0.1, 0.15) is 31.7 Å². The molecule has 0 fully saturated rings. The van der Waals surface area contributed by atoms with Crippen molar-refractivity contribution in [1.82, 2.24) is 15.5 Å². The second kappa shape index (κ2) is 6.61. The Labute approximate surface area is 118 Å². The van der Waals surface area contributed by atoms with Crippen molar-refractivity contribution in [3.8, 4) is 11.5 Å². The molecule has 0 atom stereocenters. The summed E-state index contributed by atoms with van der Waals surface area (Å²) in [7, 11) is 0. The van der Waals surface area contributed by atoms with Gasteiger partial charge in [0.1, 0.15) is 5.82 Å². The first-order chi connectivity index (χ1) is 9.54. The Balaban J connectivity index is 1.98. The molecule has 0 saturated heterocycles. The quantitative estimate of drug-likeness (QED) is 0.824. The molecule has 4 nitrogen and oxygen atoms in total. The molecule has 2 aromatic rings. The van der Waals surface area contributed by atoms with E-state index in [0.29, 0.717) is 23.4 Å². The highest BCUT2D eigenvalue weighted by Gasteiger charge is 2.10. The van der Waals surface area contributed by atoms with Gasteiger partial charge in [-0.15, -0.1) is 10.2 Å². The van der Waals surface area contributed by atoms with E-state index in [1.54, 1.807) is 0 Å². The number of benzene rings is 1. The Morgan fingerprint density at radius 1 is 1.25 bits per heavy atom. The van der Waals surface area contributed by atoms with Crippen LogP contribution in [0.2, 0.25) is 0 Å². The monoisotopic (exact) mass is 277 g/mol. The molecule has 0 aliphatic rings. The first-order valence-corrected chi connectivity index (χ1v) is 6.88. The molecule has 20 heavy (non-hydrogen) atoms. The molecule has 0 aliphatic heterocycles. The maximum atomic E-state index is 13.3. The van der Waals surface area contributed by atoms with Crippen molar-refractivity contribution in [1.29, 1.82) is 0 Å². The smallest absolute Gasteiger partial charge is 0.247 e. The maximum Gasteiger partial charge on any atom is 0.247 e. The second-order valence-corrected chi connectivity index (χ2v) is 5.23. The van der Waals surface area contributed by atoms with Crippen LogP contribution in [-0.4, -0.2) is 22.8 Å². The lowest BCUT2D eigenvalue weighted by atomic mass is 10.1. The van der Waals surface area contributed by atoms with Crippen molar-refractivity contribution in [2.75, 3.05) is 6.54 Å². The number of hydrogen-bond donors (Lipinski definition) is 1. The standard InChI is InChI=1S/C15H20FN3O/c1-10(2)17-6-4-5-14-18-19-15(20-14)12-7-11(3)8-13(16)9-12/h7-10,17H,4-6H2,1-3H3. The predicted molar refractivity (Wildman–Crippen MR) is 75.9 cm³/mol. The summed E-state index contributed by atoms with van der Waals surface area (Å²) in [5.41, 5.74) is 1.46. The number of rotatable bonds is 6. The number of aromatic nitrogens is 2. The van der Waals surface area contributed by atoms with Gasteiger partial charge in [0.15, 0.2) is 0 Å². The molecule has 1 aromatic heterocycles. The van der Waals surface area contributed by atoms with E-state index in [-0.39, 0.29) is 5.82 Å². The Hall–Kier alpha value is -1.75. The van der Waals surface area contributed by atoms with Gasteiger partial charge in [-0.3, -0.25) is 0 Å². The summed E-state index contributed by atoms with van der Waals surface area (Å²) < 4.78 is 18.9. The molecule has 0 spiro atoms. The van der Waals surface area contributed by atoms with Crippen LogP contribution in [0.3, 0.4) is 0 Å². The molecule has 1 N–H and O–H groups in total. The highest BCUT2D eigenvalue weighted by molar-refractivity contribution is 5.53. The highest BCUT2D eigenvalue weighted by Crippen LogP contribution is 2.20. The zero-order valence-corrected chi connectivity index (χ0v) is 12.1. The molecular formula is C15H20FN3O. The zero-order valence-electron chi connectivity index (χ0n) is 12.1. The van der Waals surface area contributed by atoms with Gasteiger partial charge in [0.2, 0.25) is 11.8 Å². The minimum Gasteiger partial charge on any atom is -0.421 e. The van der Waals surface area contributed by atoms with E-state index in [4.69, 9.17) is 4.42 Å². The summed E-state index contributed by atoms with van der Waals surface area (Å²) in [5, 5.41) is 11.3. The number of nitrogens with zero attached hydrogens (tertiary/aromatic N) is 2. The van der Waals surface area contributed by atoms with Gasteiger partial charge in [0.05, 0.1) is 0 Å². The molecule has 0 aliphatic carbocycles. The van der Waals surface area contributed by atoms with Crippen LogP contribution in [0.15, 0.2) is 22.6 Å². The Kier molecular flexibility index (Phi) is 4.84. The minimum atomic E-state index is -0.291. The third kappa shape index (κ3) is 4.13. The summed E-state index contributed by atoms with van der Waals surface area (Å²) in [4.78, 5) is 0. The molecule has 0 radical (unpaired) electrons. The molecule has 0 unspecified atom stereocenters. The van der Waals surface area contributed by atoms with E-state index < -0.39 is 0 Å². The van der Waals surface area contributed by atoms with E-state index >= 15 is 0 Å². The normalized spacial score (nSPS) is 11.2. The number of halogens is 1. The third-order valence-electron chi connectivity index (χ3n) is 2.88. The minimum absolute atomic E-state index is 0.291. The number of hydrogen-bond acceptors (Lipinski definition) is 4. The zero-order chi connectivity index (χ0) is 14.5. The van der Waals surface area contributed by atoms with Crippen molar-refractivity contribution >= 4 is 0 Å². The van der Waals surface area contributed by atoms with Crippen molar-refractivity contribution in [2.24, 2.45) is 0 Å². The van der Waals surface area contributed by atoms with Crippen LogP contribution in [0.25, 0.3) is 11.5 Å². The van der Waals surface area contributed by atoms with Crippen molar-refractivity contribution in [2.45, 2.75) is 39.7 Å². The maximum absolute atomic E-state index is 13.3. The van der Waals surface area contributed by atoms with Gasteiger partial charge in [0, 0.05) is 18.0 Å². The van der Waals surface area contributed by atoms with Crippen LogP contribution in [-0.2, 0) is 6.42 Å². The Morgan fingerprint density at radius 3 is 2.75 bits per heavy atom. The summed E-state index contributed by atoms with van der Waals surface area (Å²) in [6, 6.07) is 5.19.